The number of carbonyl (C=O) groups excluding carboxylic acids is 1. The predicted octanol–water partition coefficient (Wildman–Crippen LogP) is 4.19. The van der Waals surface area contributed by atoms with Gasteiger partial charge in [-0.05, 0) is 35.2 Å². The molecule has 0 saturated carbocycles. The summed E-state index contributed by atoms with van der Waals surface area (Å²) < 4.78 is 16.0. The lowest BCUT2D eigenvalue weighted by Crippen LogP contribution is -2.03. The van der Waals surface area contributed by atoms with Gasteiger partial charge in [-0.1, -0.05) is 42.5 Å². The molecule has 0 saturated heterocycles. The molecular formula is C20H14O4. The Morgan fingerprint density at radius 3 is 2.75 bits per heavy atom. The summed E-state index contributed by atoms with van der Waals surface area (Å²) in [4.78, 5) is 12.1. The highest BCUT2D eigenvalue weighted by Gasteiger charge is 2.12. The first-order chi connectivity index (χ1) is 11.8. The molecule has 4 heteroatoms. The molecule has 1 heterocycles. The van der Waals surface area contributed by atoms with Crippen LogP contribution in [0.15, 0.2) is 66.7 Å². The average molecular weight is 318 g/mol. The van der Waals surface area contributed by atoms with Crippen molar-refractivity contribution < 1.29 is 19.0 Å². The van der Waals surface area contributed by atoms with E-state index in [2.05, 4.69) is 0 Å². The molecule has 0 radical (unpaired) electrons. The summed E-state index contributed by atoms with van der Waals surface area (Å²) in [6, 6.07) is 18.9. The van der Waals surface area contributed by atoms with Gasteiger partial charge in [-0.2, -0.15) is 0 Å². The minimum atomic E-state index is -0.427. The van der Waals surface area contributed by atoms with Crippen molar-refractivity contribution >= 4 is 22.8 Å². The molecule has 0 unspecified atom stereocenters. The maximum atomic E-state index is 12.1. The van der Waals surface area contributed by atoms with E-state index in [1.54, 1.807) is 12.1 Å². The fraction of sp³-hybridized carbons (Fsp3) is 0.0500. The summed E-state index contributed by atoms with van der Waals surface area (Å²) in [5.74, 6) is 1.52. The molecule has 1 aliphatic rings. The van der Waals surface area contributed by atoms with Gasteiger partial charge in [0.05, 0.1) is 0 Å². The van der Waals surface area contributed by atoms with Gasteiger partial charge in [0.2, 0.25) is 6.79 Å². The van der Waals surface area contributed by atoms with Gasteiger partial charge in [0.15, 0.2) is 11.5 Å². The van der Waals surface area contributed by atoms with Gasteiger partial charge in [-0.25, -0.2) is 4.79 Å². The van der Waals surface area contributed by atoms with Crippen molar-refractivity contribution in [3.8, 4) is 17.2 Å². The molecule has 0 N–H and O–H groups in total. The Morgan fingerprint density at radius 1 is 0.958 bits per heavy atom. The second kappa shape index (κ2) is 6.08. The Balaban J connectivity index is 1.52. The van der Waals surface area contributed by atoms with E-state index in [1.807, 2.05) is 54.6 Å². The van der Waals surface area contributed by atoms with Crippen LogP contribution in [0, 0.1) is 0 Å². The van der Waals surface area contributed by atoms with Gasteiger partial charge in [0, 0.05) is 11.5 Å². The van der Waals surface area contributed by atoms with Crippen LogP contribution in [0.4, 0.5) is 0 Å². The molecule has 0 amide bonds. The summed E-state index contributed by atoms with van der Waals surface area (Å²) in [6.45, 7) is 0.228. The first kappa shape index (κ1) is 14.3. The van der Waals surface area contributed by atoms with E-state index in [0.717, 1.165) is 16.3 Å². The Kier molecular flexibility index (Phi) is 3.63. The molecular weight excluding hydrogens is 304 g/mol. The zero-order valence-electron chi connectivity index (χ0n) is 12.8. The van der Waals surface area contributed by atoms with Gasteiger partial charge in [0.1, 0.15) is 5.75 Å². The van der Waals surface area contributed by atoms with Crippen molar-refractivity contribution in [1.82, 2.24) is 0 Å². The maximum Gasteiger partial charge on any atom is 0.336 e. The number of hydrogen-bond acceptors (Lipinski definition) is 4. The van der Waals surface area contributed by atoms with E-state index in [4.69, 9.17) is 14.2 Å². The Labute approximate surface area is 138 Å². The van der Waals surface area contributed by atoms with E-state index in [1.165, 1.54) is 6.08 Å². The molecule has 0 spiro atoms. The van der Waals surface area contributed by atoms with Crippen LogP contribution in [-0.2, 0) is 4.79 Å². The SMILES string of the molecule is O=C(/C=C/c1ccc2c(c1)OCO2)Oc1cccc2ccccc12. The molecule has 0 bridgehead atoms. The monoisotopic (exact) mass is 318 g/mol. The van der Waals surface area contributed by atoms with Crippen molar-refractivity contribution in [2.24, 2.45) is 0 Å². The van der Waals surface area contributed by atoms with Crippen molar-refractivity contribution in [3.05, 3.63) is 72.3 Å². The molecule has 3 aromatic rings. The number of fused-ring (bicyclic) bond motifs is 2. The molecule has 1 aliphatic heterocycles. The van der Waals surface area contributed by atoms with Crippen LogP contribution < -0.4 is 14.2 Å². The van der Waals surface area contributed by atoms with Crippen molar-refractivity contribution in [3.63, 3.8) is 0 Å². The first-order valence-electron chi connectivity index (χ1n) is 7.57. The standard InChI is InChI=1S/C20H14O4/c21-20(11-9-14-8-10-18-19(12-14)23-13-22-18)24-17-7-3-5-15-4-1-2-6-16(15)17/h1-12H,13H2/b11-9+. The normalized spacial score (nSPS) is 12.7. The molecule has 0 atom stereocenters. The molecule has 118 valence electrons. The zero-order valence-corrected chi connectivity index (χ0v) is 12.8. The zero-order chi connectivity index (χ0) is 16.4. The van der Waals surface area contributed by atoms with Crippen LogP contribution in [0.5, 0.6) is 17.2 Å². The number of benzene rings is 3. The third kappa shape index (κ3) is 2.82. The summed E-state index contributed by atoms with van der Waals surface area (Å²) in [7, 11) is 0. The first-order valence-corrected chi connectivity index (χ1v) is 7.57. The van der Waals surface area contributed by atoms with Gasteiger partial charge in [0.25, 0.3) is 0 Å². The highest BCUT2D eigenvalue weighted by molar-refractivity contribution is 5.94. The lowest BCUT2D eigenvalue weighted by molar-refractivity contribution is -0.128. The van der Waals surface area contributed by atoms with E-state index in [-0.39, 0.29) is 6.79 Å². The van der Waals surface area contributed by atoms with Crippen LogP contribution in [0.25, 0.3) is 16.8 Å². The minimum absolute atomic E-state index is 0.228. The second-order valence-electron chi connectivity index (χ2n) is 5.34. The fourth-order valence-corrected chi connectivity index (χ4v) is 2.61. The quantitative estimate of drug-likeness (QED) is 0.413. The van der Waals surface area contributed by atoms with E-state index < -0.39 is 5.97 Å². The predicted molar refractivity (Wildman–Crippen MR) is 91.2 cm³/mol. The van der Waals surface area contributed by atoms with Crippen LogP contribution in [0.2, 0.25) is 0 Å². The molecule has 4 nitrogen and oxygen atoms in total. The van der Waals surface area contributed by atoms with Gasteiger partial charge < -0.3 is 14.2 Å². The smallest absolute Gasteiger partial charge is 0.336 e. The van der Waals surface area contributed by atoms with Gasteiger partial charge in [-0.3, -0.25) is 0 Å². The third-order valence-electron chi connectivity index (χ3n) is 3.77. The maximum absolute atomic E-state index is 12.1. The molecule has 3 aromatic carbocycles. The number of ether oxygens (including phenoxy) is 3. The van der Waals surface area contributed by atoms with Crippen molar-refractivity contribution in [2.75, 3.05) is 6.79 Å². The third-order valence-corrected chi connectivity index (χ3v) is 3.77. The molecule has 0 fully saturated rings. The summed E-state index contributed by atoms with van der Waals surface area (Å²) >= 11 is 0. The second-order valence-corrected chi connectivity index (χ2v) is 5.34. The van der Waals surface area contributed by atoms with E-state index in [9.17, 15) is 4.79 Å². The molecule has 0 aliphatic carbocycles. The van der Waals surface area contributed by atoms with Crippen LogP contribution in [-0.4, -0.2) is 12.8 Å². The summed E-state index contributed by atoms with van der Waals surface area (Å²) in [5, 5.41) is 1.94. The minimum Gasteiger partial charge on any atom is -0.454 e. The average Bonchev–Trinajstić information content (AvgIpc) is 3.08. The number of carbonyl (C=O) groups is 1. The lowest BCUT2D eigenvalue weighted by atomic mass is 10.1. The topological polar surface area (TPSA) is 44.8 Å². The largest absolute Gasteiger partial charge is 0.454 e. The Morgan fingerprint density at radius 2 is 1.79 bits per heavy atom. The van der Waals surface area contributed by atoms with Crippen LogP contribution >= 0.6 is 0 Å². The molecule has 24 heavy (non-hydrogen) atoms. The highest BCUT2D eigenvalue weighted by atomic mass is 16.7. The summed E-state index contributed by atoms with van der Waals surface area (Å²) in [6.07, 6.45) is 3.09. The van der Waals surface area contributed by atoms with Crippen molar-refractivity contribution in [1.29, 1.82) is 0 Å². The Hall–Kier alpha value is -3.27. The van der Waals surface area contributed by atoms with Crippen molar-refractivity contribution in [2.45, 2.75) is 0 Å². The highest BCUT2D eigenvalue weighted by Crippen LogP contribution is 2.32. The number of hydrogen-bond donors (Lipinski definition) is 0. The molecule has 0 aromatic heterocycles. The Bertz CT molecular complexity index is 938. The molecule has 4 rings (SSSR count). The summed E-state index contributed by atoms with van der Waals surface area (Å²) in [5.41, 5.74) is 0.842. The van der Waals surface area contributed by atoms with Crippen LogP contribution in [0.1, 0.15) is 5.56 Å². The van der Waals surface area contributed by atoms with E-state index in [0.29, 0.717) is 17.2 Å². The number of rotatable bonds is 3. The van der Waals surface area contributed by atoms with Gasteiger partial charge >= 0.3 is 5.97 Å². The van der Waals surface area contributed by atoms with Crippen LogP contribution in [0.3, 0.4) is 0 Å². The number of esters is 1. The lowest BCUT2D eigenvalue weighted by Gasteiger charge is -2.05. The van der Waals surface area contributed by atoms with E-state index >= 15 is 0 Å². The fourth-order valence-electron chi connectivity index (χ4n) is 2.61. The van der Waals surface area contributed by atoms with Gasteiger partial charge in [-0.15, -0.1) is 0 Å².